The van der Waals surface area contributed by atoms with Crippen molar-refractivity contribution >= 4 is 27.6 Å². The number of para-hydroxylation sites is 1. The first-order valence-electron chi connectivity index (χ1n) is 10.0. The van der Waals surface area contributed by atoms with Crippen molar-refractivity contribution in [2.75, 3.05) is 18.0 Å². The van der Waals surface area contributed by atoms with Gasteiger partial charge < -0.3 is 9.88 Å². The SMILES string of the molecule is FC1(F)CCN(c2cccc3[nH]c(-c4n[nH]c5cnc(-c6cn[nH]c6)cc45)nc23)CC1. The van der Waals surface area contributed by atoms with Crippen molar-refractivity contribution < 1.29 is 8.78 Å². The van der Waals surface area contributed by atoms with E-state index in [0.717, 1.165) is 38.9 Å². The summed E-state index contributed by atoms with van der Waals surface area (Å²) in [5, 5.41) is 15.1. The van der Waals surface area contributed by atoms with Crippen molar-refractivity contribution in [1.29, 1.82) is 0 Å². The molecule has 0 aliphatic carbocycles. The summed E-state index contributed by atoms with van der Waals surface area (Å²) >= 11 is 0. The molecular formula is C21H18F2N8. The number of benzene rings is 1. The van der Waals surface area contributed by atoms with E-state index in [4.69, 9.17) is 4.98 Å². The Morgan fingerprint density at radius 3 is 2.74 bits per heavy atom. The number of H-pyrrole nitrogens is 3. The van der Waals surface area contributed by atoms with Crippen molar-refractivity contribution in [3.8, 4) is 22.8 Å². The van der Waals surface area contributed by atoms with Crippen molar-refractivity contribution in [2.24, 2.45) is 0 Å². The third kappa shape index (κ3) is 3.02. The van der Waals surface area contributed by atoms with Crippen LogP contribution in [0.5, 0.6) is 0 Å². The average Bonchev–Trinajstić information content (AvgIpc) is 3.51. The molecule has 0 radical (unpaired) electrons. The molecule has 0 spiro atoms. The summed E-state index contributed by atoms with van der Waals surface area (Å²) in [6.07, 6.45) is 4.94. The van der Waals surface area contributed by atoms with Gasteiger partial charge in [-0.25, -0.2) is 13.8 Å². The first kappa shape index (κ1) is 18.0. The standard InChI is InChI=1S/C21H18F2N8/c22-21(23)4-6-31(7-5-21)17-3-1-2-14-19(17)28-20(27-14)18-13-8-15(12-9-25-26-10-12)24-11-16(13)29-30-18/h1-3,8-11H,4-7H2,(H,25,26)(H,27,28)(H,29,30). The zero-order valence-electron chi connectivity index (χ0n) is 16.4. The second-order valence-electron chi connectivity index (χ2n) is 7.78. The summed E-state index contributed by atoms with van der Waals surface area (Å²) in [6, 6.07) is 7.72. The van der Waals surface area contributed by atoms with Gasteiger partial charge in [0.1, 0.15) is 11.2 Å². The Morgan fingerprint density at radius 2 is 1.94 bits per heavy atom. The lowest BCUT2D eigenvalue weighted by molar-refractivity contribution is -0.0220. The first-order chi connectivity index (χ1) is 15.1. The van der Waals surface area contributed by atoms with Crippen LogP contribution in [0.1, 0.15) is 12.8 Å². The van der Waals surface area contributed by atoms with Crippen molar-refractivity contribution in [3.63, 3.8) is 0 Å². The van der Waals surface area contributed by atoms with E-state index in [2.05, 4.69) is 30.4 Å². The summed E-state index contributed by atoms with van der Waals surface area (Å²) in [5.74, 6) is -1.98. The third-order valence-corrected chi connectivity index (χ3v) is 5.79. The van der Waals surface area contributed by atoms with Crippen molar-refractivity contribution in [2.45, 2.75) is 18.8 Å². The number of halogens is 2. The van der Waals surface area contributed by atoms with E-state index in [9.17, 15) is 8.78 Å². The fourth-order valence-electron chi connectivity index (χ4n) is 4.11. The third-order valence-electron chi connectivity index (χ3n) is 5.79. The van der Waals surface area contributed by atoms with Crippen LogP contribution in [0, 0.1) is 0 Å². The molecule has 5 heterocycles. The van der Waals surface area contributed by atoms with Crippen LogP contribution < -0.4 is 4.90 Å². The van der Waals surface area contributed by atoms with Crippen LogP contribution in [0.2, 0.25) is 0 Å². The van der Waals surface area contributed by atoms with E-state index in [1.54, 1.807) is 18.6 Å². The zero-order valence-corrected chi connectivity index (χ0v) is 16.4. The molecule has 6 rings (SSSR count). The van der Waals surface area contributed by atoms with Gasteiger partial charge in [-0.15, -0.1) is 0 Å². The summed E-state index contributed by atoms with van der Waals surface area (Å²) in [7, 11) is 0. The molecule has 1 aliphatic rings. The van der Waals surface area contributed by atoms with Gasteiger partial charge in [-0.3, -0.25) is 15.2 Å². The number of alkyl halides is 2. The van der Waals surface area contributed by atoms with Gasteiger partial charge in [0.25, 0.3) is 5.92 Å². The molecule has 3 N–H and O–H groups in total. The number of nitrogens with one attached hydrogen (secondary N) is 3. The summed E-state index contributed by atoms with van der Waals surface area (Å²) < 4.78 is 27.2. The van der Waals surface area contributed by atoms with E-state index >= 15 is 0 Å². The van der Waals surface area contributed by atoms with Crippen LogP contribution in [-0.2, 0) is 0 Å². The highest BCUT2D eigenvalue weighted by Gasteiger charge is 2.34. The Kier molecular flexibility index (Phi) is 3.83. The molecule has 156 valence electrons. The number of aromatic nitrogens is 7. The topological polar surface area (TPSA) is 102 Å². The minimum atomic E-state index is -2.59. The summed E-state index contributed by atoms with van der Waals surface area (Å²) in [6.45, 7) is 0.610. The zero-order chi connectivity index (χ0) is 21.0. The Morgan fingerprint density at radius 1 is 1.06 bits per heavy atom. The van der Waals surface area contributed by atoms with Crippen LogP contribution in [-0.4, -0.2) is 54.4 Å². The monoisotopic (exact) mass is 420 g/mol. The molecule has 0 atom stereocenters. The maximum absolute atomic E-state index is 13.6. The Bertz CT molecular complexity index is 1380. The molecule has 10 heteroatoms. The average molecular weight is 420 g/mol. The number of pyridine rings is 1. The highest BCUT2D eigenvalue weighted by atomic mass is 19.3. The molecule has 1 aromatic carbocycles. The van der Waals surface area contributed by atoms with Gasteiger partial charge in [0.05, 0.1) is 34.8 Å². The number of hydrogen-bond acceptors (Lipinski definition) is 5. The van der Waals surface area contributed by atoms with E-state index < -0.39 is 5.92 Å². The van der Waals surface area contributed by atoms with E-state index in [0.29, 0.717) is 24.6 Å². The van der Waals surface area contributed by atoms with Crippen LogP contribution in [0.3, 0.4) is 0 Å². The van der Waals surface area contributed by atoms with E-state index in [-0.39, 0.29) is 12.8 Å². The van der Waals surface area contributed by atoms with E-state index in [1.807, 2.05) is 29.2 Å². The predicted octanol–water partition coefficient (Wildman–Crippen LogP) is 4.13. The molecule has 0 bridgehead atoms. The molecule has 1 saturated heterocycles. The van der Waals surface area contributed by atoms with E-state index in [1.165, 1.54) is 0 Å². The predicted molar refractivity (Wildman–Crippen MR) is 113 cm³/mol. The van der Waals surface area contributed by atoms with Crippen LogP contribution in [0.4, 0.5) is 14.5 Å². The molecule has 1 fully saturated rings. The van der Waals surface area contributed by atoms with Gasteiger partial charge in [-0.2, -0.15) is 10.2 Å². The number of piperidine rings is 1. The number of aromatic amines is 3. The van der Waals surface area contributed by atoms with Gasteiger partial charge in [0.15, 0.2) is 5.82 Å². The van der Waals surface area contributed by atoms with Crippen molar-refractivity contribution in [1.82, 2.24) is 35.3 Å². The smallest absolute Gasteiger partial charge is 0.251 e. The summed E-state index contributed by atoms with van der Waals surface area (Å²) in [5.41, 5.74) is 5.57. The molecule has 31 heavy (non-hydrogen) atoms. The lowest BCUT2D eigenvalue weighted by Crippen LogP contribution is -2.39. The highest BCUT2D eigenvalue weighted by Crippen LogP contribution is 2.35. The molecule has 0 saturated carbocycles. The minimum absolute atomic E-state index is 0.144. The summed E-state index contributed by atoms with van der Waals surface area (Å²) in [4.78, 5) is 14.6. The molecule has 8 nitrogen and oxygen atoms in total. The molecular weight excluding hydrogens is 402 g/mol. The van der Waals surface area contributed by atoms with Gasteiger partial charge in [-0.05, 0) is 18.2 Å². The quantitative estimate of drug-likeness (QED) is 0.407. The fraction of sp³-hybridized carbons (Fsp3) is 0.238. The second-order valence-corrected chi connectivity index (χ2v) is 7.78. The number of rotatable bonds is 3. The molecule has 0 amide bonds. The maximum atomic E-state index is 13.6. The number of hydrogen-bond donors (Lipinski definition) is 3. The molecule has 0 unspecified atom stereocenters. The number of nitrogens with zero attached hydrogens (tertiary/aromatic N) is 5. The van der Waals surface area contributed by atoms with Gasteiger partial charge in [0, 0.05) is 43.1 Å². The Labute approximate surface area is 174 Å². The van der Waals surface area contributed by atoms with Gasteiger partial charge >= 0.3 is 0 Å². The fourth-order valence-corrected chi connectivity index (χ4v) is 4.11. The number of fused-ring (bicyclic) bond motifs is 2. The second kappa shape index (κ2) is 6.59. The maximum Gasteiger partial charge on any atom is 0.251 e. The van der Waals surface area contributed by atoms with Crippen LogP contribution >= 0.6 is 0 Å². The lowest BCUT2D eigenvalue weighted by atomic mass is 10.1. The number of imidazole rings is 1. The highest BCUT2D eigenvalue weighted by molar-refractivity contribution is 5.96. The first-order valence-corrected chi connectivity index (χ1v) is 10.0. The molecule has 4 aromatic heterocycles. The molecule has 5 aromatic rings. The minimum Gasteiger partial charge on any atom is -0.369 e. The van der Waals surface area contributed by atoms with Crippen LogP contribution in [0.25, 0.3) is 44.7 Å². The normalized spacial score (nSPS) is 16.4. The molecule has 1 aliphatic heterocycles. The lowest BCUT2D eigenvalue weighted by Gasteiger charge is -2.33. The van der Waals surface area contributed by atoms with Crippen LogP contribution in [0.15, 0.2) is 42.9 Å². The number of anilines is 1. The largest absolute Gasteiger partial charge is 0.369 e. The van der Waals surface area contributed by atoms with Gasteiger partial charge in [0.2, 0.25) is 0 Å². The van der Waals surface area contributed by atoms with Crippen molar-refractivity contribution in [3.05, 3.63) is 42.9 Å². The Hall–Kier alpha value is -3.82. The Balaban J connectivity index is 1.43. The van der Waals surface area contributed by atoms with Gasteiger partial charge in [-0.1, -0.05) is 6.07 Å².